The van der Waals surface area contributed by atoms with Gasteiger partial charge in [0.15, 0.2) is 11.5 Å². The van der Waals surface area contributed by atoms with E-state index in [2.05, 4.69) is 15.8 Å². The molecular formula is C27H22FN3O4. The van der Waals surface area contributed by atoms with Crippen LogP contribution in [0.3, 0.4) is 0 Å². The van der Waals surface area contributed by atoms with Crippen molar-refractivity contribution < 1.29 is 23.5 Å². The molecule has 4 aromatic rings. The molecule has 0 saturated carbocycles. The van der Waals surface area contributed by atoms with Crippen molar-refractivity contribution in [2.75, 3.05) is 19.0 Å². The highest BCUT2D eigenvalue weighted by Gasteiger charge is 2.13. The van der Waals surface area contributed by atoms with Crippen molar-refractivity contribution in [2.45, 2.75) is 0 Å². The van der Waals surface area contributed by atoms with Crippen LogP contribution in [0.25, 0.3) is 10.8 Å². The summed E-state index contributed by atoms with van der Waals surface area (Å²) < 4.78 is 24.0. The predicted octanol–water partition coefficient (Wildman–Crippen LogP) is 4.77. The Hall–Kier alpha value is -4.72. The van der Waals surface area contributed by atoms with E-state index in [0.29, 0.717) is 5.56 Å². The number of amides is 1. The number of anilines is 1. The van der Waals surface area contributed by atoms with Crippen molar-refractivity contribution in [3.63, 3.8) is 0 Å². The Morgan fingerprint density at radius 1 is 0.914 bits per heavy atom. The number of benzene rings is 4. The molecule has 0 aliphatic rings. The van der Waals surface area contributed by atoms with Crippen molar-refractivity contribution >= 4 is 34.6 Å². The van der Waals surface area contributed by atoms with Gasteiger partial charge in [0.25, 0.3) is 5.91 Å². The molecule has 7 nitrogen and oxygen atoms in total. The Labute approximate surface area is 201 Å². The van der Waals surface area contributed by atoms with Gasteiger partial charge in [-0.3, -0.25) is 4.79 Å². The van der Waals surface area contributed by atoms with E-state index in [0.717, 1.165) is 22.5 Å². The highest BCUT2D eigenvalue weighted by Crippen LogP contribution is 2.28. The molecule has 0 saturated heterocycles. The van der Waals surface area contributed by atoms with Gasteiger partial charge in [-0.15, -0.1) is 0 Å². The largest absolute Gasteiger partial charge is 0.493 e. The number of methoxy groups -OCH3 is 1. The Bertz CT molecular complexity index is 1400. The zero-order chi connectivity index (χ0) is 24.6. The van der Waals surface area contributed by atoms with E-state index >= 15 is 0 Å². The van der Waals surface area contributed by atoms with Crippen LogP contribution in [0.1, 0.15) is 15.9 Å². The molecular weight excluding hydrogens is 449 g/mol. The molecule has 35 heavy (non-hydrogen) atoms. The van der Waals surface area contributed by atoms with Crippen molar-refractivity contribution in [2.24, 2.45) is 5.10 Å². The number of halogens is 1. The van der Waals surface area contributed by atoms with Crippen LogP contribution >= 0.6 is 0 Å². The molecule has 0 heterocycles. The lowest BCUT2D eigenvalue weighted by Gasteiger charge is -2.10. The first-order valence-electron chi connectivity index (χ1n) is 10.7. The summed E-state index contributed by atoms with van der Waals surface area (Å²) >= 11 is 0. The van der Waals surface area contributed by atoms with E-state index in [4.69, 9.17) is 9.47 Å². The van der Waals surface area contributed by atoms with E-state index < -0.39 is 11.8 Å². The van der Waals surface area contributed by atoms with Crippen molar-refractivity contribution in [3.05, 3.63) is 102 Å². The number of fused-ring (bicyclic) bond motifs is 1. The van der Waals surface area contributed by atoms with Crippen LogP contribution < -0.4 is 20.2 Å². The molecule has 0 aliphatic heterocycles. The fourth-order valence-electron chi connectivity index (χ4n) is 3.32. The van der Waals surface area contributed by atoms with Crippen molar-refractivity contribution in [1.82, 2.24) is 5.43 Å². The number of nitrogens with zero attached hydrogens (tertiary/aromatic N) is 1. The molecule has 0 atom stereocenters. The third-order valence-corrected chi connectivity index (χ3v) is 5.06. The van der Waals surface area contributed by atoms with Gasteiger partial charge in [-0.25, -0.2) is 14.6 Å². The molecule has 0 aliphatic carbocycles. The number of carbonyl (C=O) groups excluding carboxylic acids is 2. The van der Waals surface area contributed by atoms with Gasteiger partial charge in [-0.05, 0) is 64.9 Å². The first-order chi connectivity index (χ1) is 17.0. The minimum absolute atomic E-state index is 0.0496. The number of carbonyl (C=O) groups is 2. The topological polar surface area (TPSA) is 89.0 Å². The monoisotopic (exact) mass is 471 g/mol. The summed E-state index contributed by atoms with van der Waals surface area (Å²) in [6, 6.07) is 23.8. The summed E-state index contributed by atoms with van der Waals surface area (Å²) in [5, 5.41) is 9.23. The van der Waals surface area contributed by atoms with Gasteiger partial charge >= 0.3 is 5.97 Å². The molecule has 4 aromatic carbocycles. The molecule has 0 unspecified atom stereocenters. The van der Waals surface area contributed by atoms with Crippen molar-refractivity contribution in [1.29, 1.82) is 0 Å². The molecule has 0 radical (unpaired) electrons. The third kappa shape index (κ3) is 6.20. The fourth-order valence-corrected chi connectivity index (χ4v) is 3.32. The average molecular weight is 471 g/mol. The lowest BCUT2D eigenvalue weighted by atomic mass is 10.1. The van der Waals surface area contributed by atoms with Crippen LogP contribution in [0, 0.1) is 5.82 Å². The van der Waals surface area contributed by atoms with Crippen LogP contribution in [0.15, 0.2) is 90.0 Å². The quantitative estimate of drug-likeness (QED) is 0.167. The molecule has 1 amide bonds. The SMILES string of the molecule is COc1cc(/C=N\NC(=O)CNc2ccc3ccccc3c2)ccc1OC(=O)c1cccc(F)c1. The second-order valence-corrected chi connectivity index (χ2v) is 7.52. The number of nitrogens with one attached hydrogen (secondary N) is 2. The van der Waals surface area contributed by atoms with E-state index in [-0.39, 0.29) is 29.5 Å². The first kappa shape index (κ1) is 23.4. The zero-order valence-corrected chi connectivity index (χ0v) is 18.8. The maximum atomic E-state index is 13.4. The summed E-state index contributed by atoms with van der Waals surface area (Å²) in [4.78, 5) is 24.4. The van der Waals surface area contributed by atoms with Crippen LogP contribution in [0.2, 0.25) is 0 Å². The van der Waals surface area contributed by atoms with Gasteiger partial charge in [0, 0.05) is 5.69 Å². The van der Waals surface area contributed by atoms with E-state index in [1.165, 1.54) is 37.6 Å². The van der Waals surface area contributed by atoms with Crippen LogP contribution in [-0.2, 0) is 4.79 Å². The lowest BCUT2D eigenvalue weighted by molar-refractivity contribution is -0.119. The molecule has 0 spiro atoms. The number of hydrogen-bond donors (Lipinski definition) is 2. The van der Waals surface area contributed by atoms with Crippen LogP contribution in [0.5, 0.6) is 11.5 Å². The van der Waals surface area contributed by atoms with E-state index in [1.54, 1.807) is 12.1 Å². The summed E-state index contributed by atoms with van der Waals surface area (Å²) in [6.45, 7) is 0.0496. The molecule has 8 heteroatoms. The zero-order valence-electron chi connectivity index (χ0n) is 18.8. The number of hydrogen-bond acceptors (Lipinski definition) is 6. The maximum Gasteiger partial charge on any atom is 0.343 e. The van der Waals surface area contributed by atoms with Gasteiger partial charge in [-0.2, -0.15) is 5.10 Å². The fraction of sp³-hybridized carbons (Fsp3) is 0.0741. The summed E-state index contributed by atoms with van der Waals surface area (Å²) in [7, 11) is 1.43. The van der Waals surface area contributed by atoms with Gasteiger partial charge in [0.1, 0.15) is 5.82 Å². The van der Waals surface area contributed by atoms with Crippen LogP contribution in [-0.4, -0.2) is 31.7 Å². The summed E-state index contributed by atoms with van der Waals surface area (Å²) in [5.74, 6) is -1.12. The standard InChI is InChI=1S/C27H22FN3O4/c1-34-25-13-18(9-12-24(25)35-27(33)21-7-4-8-22(28)14-21)16-30-31-26(32)17-29-23-11-10-19-5-2-3-6-20(19)15-23/h2-16,29H,17H2,1H3,(H,31,32)/b30-16-. The Kier molecular flexibility index (Phi) is 7.32. The Morgan fingerprint density at radius 2 is 1.74 bits per heavy atom. The average Bonchev–Trinajstić information content (AvgIpc) is 2.88. The van der Waals surface area contributed by atoms with E-state index in [9.17, 15) is 14.0 Å². The highest BCUT2D eigenvalue weighted by atomic mass is 19.1. The number of esters is 1. The molecule has 0 aromatic heterocycles. The lowest BCUT2D eigenvalue weighted by Crippen LogP contribution is -2.25. The van der Waals surface area contributed by atoms with Crippen LogP contribution in [0.4, 0.5) is 10.1 Å². The predicted molar refractivity (Wildman–Crippen MR) is 133 cm³/mol. The second-order valence-electron chi connectivity index (χ2n) is 7.52. The summed E-state index contributed by atoms with van der Waals surface area (Å²) in [5.41, 5.74) is 3.97. The molecule has 4 rings (SSSR count). The highest BCUT2D eigenvalue weighted by molar-refractivity contribution is 5.92. The molecule has 176 valence electrons. The minimum atomic E-state index is -0.713. The normalized spacial score (nSPS) is 10.8. The van der Waals surface area contributed by atoms with Crippen molar-refractivity contribution in [3.8, 4) is 11.5 Å². The number of rotatable bonds is 8. The van der Waals surface area contributed by atoms with E-state index in [1.807, 2.05) is 42.5 Å². The van der Waals surface area contributed by atoms with Gasteiger partial charge in [0.2, 0.25) is 0 Å². The molecule has 0 bridgehead atoms. The number of hydrazone groups is 1. The second kappa shape index (κ2) is 10.9. The Morgan fingerprint density at radius 3 is 2.54 bits per heavy atom. The maximum absolute atomic E-state index is 13.4. The smallest absolute Gasteiger partial charge is 0.343 e. The third-order valence-electron chi connectivity index (χ3n) is 5.06. The summed E-state index contributed by atoms with van der Waals surface area (Å²) in [6.07, 6.45) is 1.44. The molecule has 2 N–H and O–H groups in total. The van der Waals surface area contributed by atoms with Gasteiger partial charge in [-0.1, -0.05) is 36.4 Å². The number of ether oxygens (including phenoxy) is 2. The van der Waals surface area contributed by atoms with Gasteiger partial charge in [0.05, 0.1) is 25.4 Å². The minimum Gasteiger partial charge on any atom is -0.493 e. The Balaban J connectivity index is 1.32. The molecule has 0 fully saturated rings. The first-order valence-corrected chi connectivity index (χ1v) is 10.7. The van der Waals surface area contributed by atoms with Gasteiger partial charge < -0.3 is 14.8 Å².